The summed E-state index contributed by atoms with van der Waals surface area (Å²) in [7, 11) is 0. The van der Waals surface area contributed by atoms with Crippen LogP contribution in [-0.4, -0.2) is 30.0 Å². The number of phenolic OH excluding ortho intramolecular Hbond substituents is 1. The number of carbonyl (C=O) groups is 2. The fourth-order valence-corrected chi connectivity index (χ4v) is 1.68. The van der Waals surface area contributed by atoms with Crippen LogP contribution in [0.2, 0.25) is 0 Å². The number of aromatic hydroxyl groups is 1. The summed E-state index contributed by atoms with van der Waals surface area (Å²) in [6.45, 7) is 4.43. The van der Waals surface area contributed by atoms with Gasteiger partial charge in [0.2, 0.25) is 5.91 Å². The van der Waals surface area contributed by atoms with Gasteiger partial charge in [0, 0.05) is 11.0 Å². The van der Waals surface area contributed by atoms with E-state index in [1.807, 2.05) is 13.8 Å². The van der Waals surface area contributed by atoms with Crippen LogP contribution in [-0.2, 0) is 4.79 Å². The second-order valence-corrected chi connectivity index (χ2v) is 5.46. The largest absolute Gasteiger partial charge is 0.507 e. The number of benzene rings is 1. The van der Waals surface area contributed by atoms with Crippen LogP contribution >= 0.6 is 15.9 Å². The summed E-state index contributed by atoms with van der Waals surface area (Å²) in [5, 5.41) is 14.8. The predicted octanol–water partition coefficient (Wildman–Crippen LogP) is 1.66. The average molecular weight is 329 g/mol. The molecule has 6 heteroatoms. The fourth-order valence-electron chi connectivity index (χ4n) is 1.33. The summed E-state index contributed by atoms with van der Waals surface area (Å²) in [5.74, 6) is -0.506. The Morgan fingerprint density at radius 3 is 2.58 bits per heavy atom. The summed E-state index contributed by atoms with van der Waals surface area (Å²) >= 11 is 3.19. The first kappa shape index (κ1) is 15.5. The molecule has 0 aliphatic rings. The van der Waals surface area contributed by atoms with E-state index < -0.39 is 5.91 Å². The molecular formula is C13H17BrN2O3. The average Bonchev–Trinajstić information content (AvgIpc) is 2.33. The summed E-state index contributed by atoms with van der Waals surface area (Å²) < 4.78 is 0.677. The molecule has 1 aromatic carbocycles. The lowest BCUT2D eigenvalue weighted by Crippen LogP contribution is -2.38. The maximum Gasteiger partial charge on any atom is 0.255 e. The number of phenols is 1. The molecule has 0 aromatic heterocycles. The molecule has 0 bridgehead atoms. The molecule has 0 radical (unpaired) electrons. The highest BCUT2D eigenvalue weighted by Gasteiger charge is 2.12. The Morgan fingerprint density at radius 1 is 1.32 bits per heavy atom. The van der Waals surface area contributed by atoms with Gasteiger partial charge >= 0.3 is 0 Å². The smallest absolute Gasteiger partial charge is 0.255 e. The van der Waals surface area contributed by atoms with E-state index in [9.17, 15) is 14.7 Å². The van der Waals surface area contributed by atoms with Gasteiger partial charge in [-0.05, 0) is 24.1 Å². The van der Waals surface area contributed by atoms with Crippen molar-refractivity contribution in [2.24, 2.45) is 5.92 Å². The Bertz CT molecular complexity index is 475. The number of hydrogen-bond donors (Lipinski definition) is 3. The predicted molar refractivity (Wildman–Crippen MR) is 76.0 cm³/mol. The number of hydrogen-bond acceptors (Lipinski definition) is 3. The van der Waals surface area contributed by atoms with Gasteiger partial charge in [0.05, 0.1) is 12.1 Å². The van der Waals surface area contributed by atoms with Gasteiger partial charge in [-0.3, -0.25) is 9.59 Å². The summed E-state index contributed by atoms with van der Waals surface area (Å²) in [4.78, 5) is 23.2. The lowest BCUT2D eigenvalue weighted by atomic mass is 10.2. The Hall–Kier alpha value is -1.56. The molecule has 0 saturated carbocycles. The van der Waals surface area contributed by atoms with Crippen LogP contribution in [0.5, 0.6) is 5.75 Å². The van der Waals surface area contributed by atoms with Crippen molar-refractivity contribution >= 4 is 27.7 Å². The van der Waals surface area contributed by atoms with Gasteiger partial charge in [-0.2, -0.15) is 0 Å². The van der Waals surface area contributed by atoms with Crippen LogP contribution in [0, 0.1) is 5.92 Å². The van der Waals surface area contributed by atoms with Gasteiger partial charge in [-0.1, -0.05) is 29.8 Å². The van der Waals surface area contributed by atoms with Crippen LogP contribution in [0.15, 0.2) is 22.7 Å². The lowest BCUT2D eigenvalue weighted by Gasteiger charge is -2.09. The van der Waals surface area contributed by atoms with Crippen molar-refractivity contribution in [1.82, 2.24) is 10.6 Å². The number of rotatable bonds is 5. The monoisotopic (exact) mass is 328 g/mol. The minimum atomic E-state index is -0.482. The van der Waals surface area contributed by atoms with Crippen molar-refractivity contribution < 1.29 is 14.7 Å². The third-order valence-corrected chi connectivity index (χ3v) is 2.81. The number of nitrogens with one attached hydrogen (secondary N) is 2. The topological polar surface area (TPSA) is 78.4 Å². The van der Waals surface area contributed by atoms with Crippen LogP contribution in [0.25, 0.3) is 0 Å². The Kier molecular flexibility index (Phi) is 5.82. The standard InChI is InChI=1S/C13H17BrN2O3/c1-8(2)6-15-12(18)7-16-13(19)10-4-3-9(14)5-11(10)17/h3-5,8,17H,6-7H2,1-2H3,(H,15,18)(H,16,19). The van der Waals surface area contributed by atoms with E-state index in [-0.39, 0.29) is 23.8 Å². The zero-order valence-electron chi connectivity index (χ0n) is 10.9. The maximum absolute atomic E-state index is 11.8. The molecule has 5 nitrogen and oxygen atoms in total. The third-order valence-electron chi connectivity index (χ3n) is 2.32. The molecule has 0 spiro atoms. The second-order valence-electron chi connectivity index (χ2n) is 4.54. The Morgan fingerprint density at radius 2 is 2.00 bits per heavy atom. The van der Waals surface area contributed by atoms with Crippen LogP contribution in [0.3, 0.4) is 0 Å². The molecule has 0 aliphatic carbocycles. The third kappa shape index (κ3) is 5.30. The van der Waals surface area contributed by atoms with E-state index in [1.54, 1.807) is 6.07 Å². The minimum absolute atomic E-state index is 0.110. The van der Waals surface area contributed by atoms with E-state index in [0.717, 1.165) is 0 Å². The zero-order valence-corrected chi connectivity index (χ0v) is 12.5. The highest BCUT2D eigenvalue weighted by molar-refractivity contribution is 9.10. The maximum atomic E-state index is 11.8. The molecule has 19 heavy (non-hydrogen) atoms. The van der Waals surface area contributed by atoms with E-state index >= 15 is 0 Å². The summed E-state index contributed by atoms with van der Waals surface area (Å²) in [5.41, 5.74) is 0.139. The first-order valence-electron chi connectivity index (χ1n) is 5.93. The molecule has 2 amide bonds. The Balaban J connectivity index is 2.49. The van der Waals surface area contributed by atoms with Crippen LogP contribution < -0.4 is 10.6 Å². The van der Waals surface area contributed by atoms with E-state index in [4.69, 9.17) is 0 Å². The molecule has 0 fully saturated rings. The first-order valence-corrected chi connectivity index (χ1v) is 6.73. The van der Waals surface area contributed by atoms with Crippen molar-refractivity contribution in [2.45, 2.75) is 13.8 Å². The lowest BCUT2D eigenvalue weighted by molar-refractivity contribution is -0.120. The molecule has 0 saturated heterocycles. The molecule has 1 rings (SSSR count). The van der Waals surface area contributed by atoms with E-state index in [2.05, 4.69) is 26.6 Å². The SMILES string of the molecule is CC(C)CNC(=O)CNC(=O)c1ccc(Br)cc1O. The highest BCUT2D eigenvalue weighted by Crippen LogP contribution is 2.21. The van der Waals surface area contributed by atoms with Gasteiger partial charge < -0.3 is 15.7 Å². The summed E-state index contributed by atoms with van der Waals surface area (Å²) in [6.07, 6.45) is 0. The van der Waals surface area contributed by atoms with Crippen molar-refractivity contribution in [2.75, 3.05) is 13.1 Å². The second kappa shape index (κ2) is 7.13. The number of carbonyl (C=O) groups excluding carboxylic acids is 2. The number of amides is 2. The zero-order chi connectivity index (χ0) is 14.4. The molecule has 0 atom stereocenters. The first-order chi connectivity index (χ1) is 8.90. The van der Waals surface area contributed by atoms with E-state index in [0.29, 0.717) is 16.9 Å². The van der Waals surface area contributed by atoms with Gasteiger partial charge in [0.25, 0.3) is 5.91 Å². The minimum Gasteiger partial charge on any atom is -0.507 e. The quantitative estimate of drug-likeness (QED) is 0.769. The van der Waals surface area contributed by atoms with E-state index in [1.165, 1.54) is 12.1 Å². The van der Waals surface area contributed by atoms with Crippen molar-refractivity contribution in [3.63, 3.8) is 0 Å². The number of halogens is 1. The molecule has 1 aromatic rings. The van der Waals surface area contributed by atoms with Gasteiger partial charge in [-0.25, -0.2) is 0 Å². The van der Waals surface area contributed by atoms with Crippen molar-refractivity contribution in [1.29, 1.82) is 0 Å². The molecule has 0 heterocycles. The van der Waals surface area contributed by atoms with Crippen molar-refractivity contribution in [3.05, 3.63) is 28.2 Å². The Labute approximate surface area is 120 Å². The van der Waals surface area contributed by atoms with Gasteiger partial charge in [0.1, 0.15) is 5.75 Å². The van der Waals surface area contributed by atoms with Crippen LogP contribution in [0.4, 0.5) is 0 Å². The molecule has 104 valence electrons. The van der Waals surface area contributed by atoms with Gasteiger partial charge in [0.15, 0.2) is 0 Å². The summed E-state index contributed by atoms with van der Waals surface area (Å²) in [6, 6.07) is 4.56. The van der Waals surface area contributed by atoms with Crippen LogP contribution in [0.1, 0.15) is 24.2 Å². The molecular weight excluding hydrogens is 312 g/mol. The van der Waals surface area contributed by atoms with Crippen molar-refractivity contribution in [3.8, 4) is 5.75 Å². The molecule has 3 N–H and O–H groups in total. The highest BCUT2D eigenvalue weighted by atomic mass is 79.9. The molecule has 0 aliphatic heterocycles. The normalized spacial score (nSPS) is 10.3. The van der Waals surface area contributed by atoms with Gasteiger partial charge in [-0.15, -0.1) is 0 Å². The molecule has 0 unspecified atom stereocenters. The fraction of sp³-hybridized carbons (Fsp3) is 0.385.